The Hall–Kier alpha value is -2.21. The van der Waals surface area contributed by atoms with Crippen LogP contribution in [0.3, 0.4) is 0 Å². The molecule has 1 fully saturated rings. The molecular formula is C18H20N2O3S. The van der Waals surface area contributed by atoms with Gasteiger partial charge in [-0.1, -0.05) is 42.7 Å². The van der Waals surface area contributed by atoms with Crippen molar-refractivity contribution in [2.24, 2.45) is 11.8 Å². The molecule has 5 nitrogen and oxygen atoms in total. The Bertz CT molecular complexity index is 739. The molecule has 2 aromatic rings. The van der Waals surface area contributed by atoms with E-state index in [4.69, 9.17) is 0 Å². The smallest absolute Gasteiger partial charge is 0.307 e. The molecule has 0 spiro atoms. The zero-order valence-corrected chi connectivity index (χ0v) is 14.3. The van der Waals surface area contributed by atoms with Crippen molar-refractivity contribution < 1.29 is 14.7 Å². The molecule has 1 aliphatic rings. The van der Waals surface area contributed by atoms with E-state index in [1.807, 2.05) is 36.6 Å². The molecule has 1 amide bonds. The van der Waals surface area contributed by atoms with Crippen LogP contribution in [0.1, 0.15) is 31.2 Å². The topological polar surface area (TPSA) is 79.3 Å². The average molecular weight is 344 g/mol. The van der Waals surface area contributed by atoms with Crippen LogP contribution in [0.2, 0.25) is 0 Å². The Morgan fingerprint density at radius 1 is 1.17 bits per heavy atom. The van der Waals surface area contributed by atoms with E-state index in [2.05, 4.69) is 10.3 Å². The van der Waals surface area contributed by atoms with Crippen LogP contribution in [0.5, 0.6) is 0 Å². The molecule has 1 saturated carbocycles. The number of amides is 1. The average Bonchev–Trinajstić information content (AvgIpc) is 3.04. The highest BCUT2D eigenvalue weighted by atomic mass is 32.1. The lowest BCUT2D eigenvalue weighted by atomic mass is 9.79. The van der Waals surface area contributed by atoms with Gasteiger partial charge in [0, 0.05) is 10.9 Å². The van der Waals surface area contributed by atoms with Crippen molar-refractivity contribution in [2.45, 2.75) is 32.6 Å². The molecule has 6 heteroatoms. The van der Waals surface area contributed by atoms with Crippen LogP contribution < -0.4 is 5.32 Å². The summed E-state index contributed by atoms with van der Waals surface area (Å²) in [5.41, 5.74) is 2.99. The number of rotatable bonds is 4. The first kappa shape index (κ1) is 16.6. The molecule has 2 N–H and O–H groups in total. The number of benzene rings is 1. The molecule has 1 aliphatic carbocycles. The number of aliphatic carboxylic acids is 1. The second-order valence-corrected chi connectivity index (χ2v) is 7.09. The van der Waals surface area contributed by atoms with E-state index in [1.54, 1.807) is 0 Å². The number of hydrogen-bond donors (Lipinski definition) is 2. The zero-order chi connectivity index (χ0) is 17.1. The van der Waals surface area contributed by atoms with Gasteiger partial charge in [0.1, 0.15) is 0 Å². The van der Waals surface area contributed by atoms with Gasteiger partial charge in [-0.15, -0.1) is 11.3 Å². The summed E-state index contributed by atoms with van der Waals surface area (Å²) in [6.07, 6.45) is 2.96. The van der Waals surface area contributed by atoms with Crippen LogP contribution in [0, 0.1) is 18.8 Å². The zero-order valence-electron chi connectivity index (χ0n) is 13.5. The second-order valence-electron chi connectivity index (χ2n) is 6.23. The summed E-state index contributed by atoms with van der Waals surface area (Å²) in [5.74, 6) is -2.17. The minimum absolute atomic E-state index is 0.230. The SMILES string of the molecule is Cc1ccc(-c2csc(NC(=O)[C@@H]3CCCC[C@@H]3C(=O)O)n2)cc1. The first-order chi connectivity index (χ1) is 11.5. The molecule has 126 valence electrons. The minimum atomic E-state index is -0.880. The molecule has 0 unspecified atom stereocenters. The Labute approximate surface area is 144 Å². The molecule has 0 saturated heterocycles. The lowest BCUT2D eigenvalue weighted by Crippen LogP contribution is -2.36. The number of carbonyl (C=O) groups excluding carboxylic acids is 1. The number of nitrogens with zero attached hydrogens (tertiary/aromatic N) is 1. The highest BCUT2D eigenvalue weighted by Gasteiger charge is 2.35. The third-order valence-electron chi connectivity index (χ3n) is 4.50. The number of aromatic nitrogens is 1. The Morgan fingerprint density at radius 3 is 2.50 bits per heavy atom. The lowest BCUT2D eigenvalue weighted by Gasteiger charge is -2.26. The number of nitrogens with one attached hydrogen (secondary N) is 1. The van der Waals surface area contributed by atoms with Crippen LogP contribution in [-0.2, 0) is 9.59 Å². The fraction of sp³-hybridized carbons (Fsp3) is 0.389. The molecule has 1 heterocycles. The number of hydrogen-bond acceptors (Lipinski definition) is 4. The number of carboxylic acids is 1. The summed E-state index contributed by atoms with van der Waals surface area (Å²) in [4.78, 5) is 28.3. The summed E-state index contributed by atoms with van der Waals surface area (Å²) in [5, 5.41) is 14.5. The highest BCUT2D eigenvalue weighted by Crippen LogP contribution is 2.32. The van der Waals surface area contributed by atoms with E-state index in [1.165, 1.54) is 16.9 Å². The van der Waals surface area contributed by atoms with Crippen LogP contribution in [0.25, 0.3) is 11.3 Å². The number of carboxylic acid groups (broad SMARTS) is 1. The molecule has 0 aliphatic heterocycles. The molecule has 0 bridgehead atoms. The minimum Gasteiger partial charge on any atom is -0.481 e. The predicted octanol–water partition coefficient (Wildman–Crippen LogP) is 3.95. The van der Waals surface area contributed by atoms with Gasteiger partial charge in [-0.2, -0.15) is 0 Å². The summed E-state index contributed by atoms with van der Waals surface area (Å²) < 4.78 is 0. The summed E-state index contributed by atoms with van der Waals surface area (Å²) in [6.45, 7) is 2.03. The van der Waals surface area contributed by atoms with Crippen molar-refractivity contribution in [1.29, 1.82) is 0 Å². The number of anilines is 1. The molecule has 1 aromatic carbocycles. The van der Waals surface area contributed by atoms with E-state index in [9.17, 15) is 14.7 Å². The van der Waals surface area contributed by atoms with E-state index < -0.39 is 17.8 Å². The van der Waals surface area contributed by atoms with Crippen molar-refractivity contribution in [2.75, 3.05) is 5.32 Å². The monoisotopic (exact) mass is 344 g/mol. The van der Waals surface area contributed by atoms with E-state index >= 15 is 0 Å². The van der Waals surface area contributed by atoms with Gasteiger partial charge in [0.25, 0.3) is 0 Å². The third kappa shape index (κ3) is 3.64. The fourth-order valence-electron chi connectivity index (χ4n) is 3.13. The van der Waals surface area contributed by atoms with Gasteiger partial charge in [0.2, 0.25) is 5.91 Å². The van der Waals surface area contributed by atoms with Gasteiger partial charge >= 0.3 is 5.97 Å². The van der Waals surface area contributed by atoms with Crippen molar-refractivity contribution in [3.8, 4) is 11.3 Å². The standard InChI is InChI=1S/C18H20N2O3S/c1-11-6-8-12(9-7-11)15-10-24-18(19-15)20-16(21)13-4-2-3-5-14(13)17(22)23/h6-10,13-14H,2-5H2,1H3,(H,22,23)(H,19,20,21)/t13-,14+/m1/s1. The molecule has 0 radical (unpaired) electrons. The highest BCUT2D eigenvalue weighted by molar-refractivity contribution is 7.14. The Kier molecular flexibility index (Phi) is 4.94. The quantitative estimate of drug-likeness (QED) is 0.880. The summed E-state index contributed by atoms with van der Waals surface area (Å²) in [6, 6.07) is 8.04. The fourth-order valence-corrected chi connectivity index (χ4v) is 3.85. The molecule has 3 rings (SSSR count). The van der Waals surface area contributed by atoms with E-state index in [-0.39, 0.29) is 5.91 Å². The third-order valence-corrected chi connectivity index (χ3v) is 5.26. The number of aryl methyl sites for hydroxylation is 1. The van der Waals surface area contributed by atoms with Crippen molar-refractivity contribution in [3.05, 3.63) is 35.2 Å². The maximum atomic E-state index is 12.5. The lowest BCUT2D eigenvalue weighted by molar-refractivity contribution is -0.147. The van der Waals surface area contributed by atoms with Gasteiger partial charge in [0.15, 0.2) is 5.13 Å². The molecule has 2 atom stereocenters. The van der Waals surface area contributed by atoms with Gasteiger partial charge in [0.05, 0.1) is 17.5 Å². The van der Waals surface area contributed by atoms with Crippen LogP contribution in [0.15, 0.2) is 29.6 Å². The first-order valence-corrected chi connectivity index (χ1v) is 8.99. The normalized spacial score (nSPS) is 20.5. The first-order valence-electron chi connectivity index (χ1n) is 8.11. The number of carbonyl (C=O) groups is 2. The Balaban J connectivity index is 1.70. The summed E-state index contributed by atoms with van der Waals surface area (Å²) in [7, 11) is 0. The maximum absolute atomic E-state index is 12.5. The van der Waals surface area contributed by atoms with Gasteiger partial charge in [-0.05, 0) is 19.8 Å². The van der Waals surface area contributed by atoms with Crippen molar-refractivity contribution >= 4 is 28.3 Å². The van der Waals surface area contributed by atoms with Crippen molar-refractivity contribution in [1.82, 2.24) is 4.98 Å². The molecular weight excluding hydrogens is 324 g/mol. The van der Waals surface area contributed by atoms with E-state index in [0.717, 1.165) is 24.1 Å². The van der Waals surface area contributed by atoms with Crippen LogP contribution >= 0.6 is 11.3 Å². The molecule has 1 aromatic heterocycles. The van der Waals surface area contributed by atoms with Gasteiger partial charge in [-0.3, -0.25) is 9.59 Å². The van der Waals surface area contributed by atoms with Gasteiger partial charge in [-0.25, -0.2) is 4.98 Å². The molecule has 24 heavy (non-hydrogen) atoms. The summed E-state index contributed by atoms with van der Waals surface area (Å²) >= 11 is 1.36. The Morgan fingerprint density at radius 2 is 1.83 bits per heavy atom. The predicted molar refractivity (Wildman–Crippen MR) is 94.0 cm³/mol. The largest absolute Gasteiger partial charge is 0.481 e. The second kappa shape index (κ2) is 7.13. The van der Waals surface area contributed by atoms with Gasteiger partial charge < -0.3 is 10.4 Å². The number of thiazole rings is 1. The van der Waals surface area contributed by atoms with Crippen molar-refractivity contribution in [3.63, 3.8) is 0 Å². The van der Waals surface area contributed by atoms with E-state index in [0.29, 0.717) is 18.0 Å². The maximum Gasteiger partial charge on any atom is 0.307 e. The van der Waals surface area contributed by atoms with Crippen LogP contribution in [0.4, 0.5) is 5.13 Å². The van der Waals surface area contributed by atoms with Crippen LogP contribution in [-0.4, -0.2) is 22.0 Å².